The molecule has 3 heteroatoms. The van der Waals surface area contributed by atoms with Gasteiger partial charge in [-0.1, -0.05) is 91.0 Å². The van der Waals surface area contributed by atoms with Crippen molar-refractivity contribution in [3.63, 3.8) is 0 Å². The van der Waals surface area contributed by atoms with Crippen molar-refractivity contribution in [1.29, 1.82) is 0 Å². The Hall–Kier alpha value is -2.91. The molecule has 3 aromatic carbocycles. The summed E-state index contributed by atoms with van der Waals surface area (Å²) in [6.07, 6.45) is 2.06. The van der Waals surface area contributed by atoms with Crippen molar-refractivity contribution in [1.82, 2.24) is 10.2 Å². The molecule has 1 N–H and O–H groups in total. The monoisotopic (exact) mass is 384 g/mol. The Morgan fingerprint density at radius 2 is 1.41 bits per heavy atom. The van der Waals surface area contributed by atoms with Gasteiger partial charge in [0.1, 0.15) is 0 Å². The molecule has 3 nitrogen and oxygen atoms in total. The topological polar surface area (TPSA) is 32.3 Å². The van der Waals surface area contributed by atoms with Gasteiger partial charge in [-0.05, 0) is 29.5 Å². The third-order valence-electron chi connectivity index (χ3n) is 5.71. The summed E-state index contributed by atoms with van der Waals surface area (Å²) in [6.45, 7) is 3.01. The summed E-state index contributed by atoms with van der Waals surface area (Å²) in [7, 11) is 0. The molecule has 4 rings (SSSR count). The van der Waals surface area contributed by atoms with Crippen molar-refractivity contribution in [3.8, 4) is 0 Å². The molecule has 1 amide bonds. The zero-order valence-corrected chi connectivity index (χ0v) is 16.7. The molecule has 0 radical (unpaired) electrons. The largest absolute Gasteiger partial charge is 0.351 e. The standard InChI is InChI=1S/C26H28N2O/c29-26(25(22-12-6-2-7-13-22)23-14-8-3-9-15-23)27-24-17-19-28(20-24)18-16-21-10-4-1-5-11-21/h1-15,24-25H,16-20H2,(H,27,29)/t24-/m0/s1. The van der Waals surface area contributed by atoms with Gasteiger partial charge in [0.2, 0.25) is 5.91 Å². The van der Waals surface area contributed by atoms with Gasteiger partial charge in [0, 0.05) is 25.7 Å². The van der Waals surface area contributed by atoms with E-state index >= 15 is 0 Å². The molecule has 0 saturated carbocycles. The van der Waals surface area contributed by atoms with Crippen LogP contribution in [0.5, 0.6) is 0 Å². The highest BCUT2D eigenvalue weighted by atomic mass is 16.2. The van der Waals surface area contributed by atoms with Crippen LogP contribution in [0.2, 0.25) is 0 Å². The lowest BCUT2D eigenvalue weighted by Crippen LogP contribution is -2.40. The Morgan fingerprint density at radius 3 is 2.00 bits per heavy atom. The average Bonchev–Trinajstić information content (AvgIpc) is 3.22. The van der Waals surface area contributed by atoms with Gasteiger partial charge >= 0.3 is 0 Å². The molecule has 0 aliphatic carbocycles. The first-order chi connectivity index (χ1) is 14.3. The smallest absolute Gasteiger partial charge is 0.232 e. The van der Waals surface area contributed by atoms with Crippen LogP contribution in [0.3, 0.4) is 0 Å². The van der Waals surface area contributed by atoms with Crippen LogP contribution < -0.4 is 5.32 Å². The average molecular weight is 385 g/mol. The molecule has 1 saturated heterocycles. The number of carbonyl (C=O) groups is 1. The lowest BCUT2D eigenvalue weighted by atomic mass is 9.90. The van der Waals surface area contributed by atoms with Crippen molar-refractivity contribution in [2.75, 3.05) is 19.6 Å². The predicted octanol–water partition coefficient (Wildman–Crippen LogP) is 4.25. The van der Waals surface area contributed by atoms with E-state index in [0.29, 0.717) is 0 Å². The highest BCUT2D eigenvalue weighted by molar-refractivity contribution is 5.87. The maximum Gasteiger partial charge on any atom is 0.232 e. The van der Waals surface area contributed by atoms with E-state index in [1.165, 1.54) is 5.56 Å². The van der Waals surface area contributed by atoms with Crippen LogP contribution in [0.4, 0.5) is 0 Å². The molecule has 3 aromatic rings. The predicted molar refractivity (Wildman–Crippen MR) is 118 cm³/mol. The van der Waals surface area contributed by atoms with E-state index in [-0.39, 0.29) is 17.9 Å². The maximum atomic E-state index is 13.3. The van der Waals surface area contributed by atoms with Gasteiger partial charge in [-0.15, -0.1) is 0 Å². The first-order valence-corrected chi connectivity index (χ1v) is 10.5. The maximum absolute atomic E-state index is 13.3. The van der Waals surface area contributed by atoms with E-state index in [4.69, 9.17) is 0 Å². The molecular weight excluding hydrogens is 356 g/mol. The molecule has 148 valence electrons. The number of rotatable bonds is 7. The van der Waals surface area contributed by atoms with Crippen molar-refractivity contribution < 1.29 is 4.79 Å². The first-order valence-electron chi connectivity index (χ1n) is 10.5. The van der Waals surface area contributed by atoms with Crippen LogP contribution in [0.25, 0.3) is 0 Å². The molecule has 29 heavy (non-hydrogen) atoms. The van der Waals surface area contributed by atoms with Crippen molar-refractivity contribution in [3.05, 3.63) is 108 Å². The van der Waals surface area contributed by atoms with Gasteiger partial charge in [0.05, 0.1) is 5.92 Å². The van der Waals surface area contributed by atoms with Crippen LogP contribution in [0.1, 0.15) is 29.0 Å². The normalized spacial score (nSPS) is 16.8. The Balaban J connectivity index is 1.38. The summed E-state index contributed by atoms with van der Waals surface area (Å²) < 4.78 is 0. The Bertz CT molecular complexity index is 856. The SMILES string of the molecule is O=C(N[C@H]1CCN(CCc2ccccc2)C1)C(c1ccccc1)c1ccccc1. The van der Waals surface area contributed by atoms with E-state index in [1.807, 2.05) is 60.7 Å². The van der Waals surface area contributed by atoms with Crippen LogP contribution in [-0.2, 0) is 11.2 Å². The van der Waals surface area contributed by atoms with E-state index in [1.54, 1.807) is 0 Å². The lowest BCUT2D eigenvalue weighted by molar-refractivity contribution is -0.122. The number of likely N-dealkylation sites (tertiary alicyclic amines) is 1. The molecular formula is C26H28N2O. The summed E-state index contributed by atoms with van der Waals surface area (Å²) in [5.41, 5.74) is 3.44. The number of carbonyl (C=O) groups excluding carboxylic acids is 1. The highest BCUT2D eigenvalue weighted by Gasteiger charge is 2.28. The number of amides is 1. The fourth-order valence-corrected chi connectivity index (χ4v) is 4.16. The summed E-state index contributed by atoms with van der Waals surface area (Å²) >= 11 is 0. The van der Waals surface area contributed by atoms with Gasteiger partial charge in [0.25, 0.3) is 0 Å². The molecule has 0 bridgehead atoms. The summed E-state index contributed by atoms with van der Waals surface area (Å²) in [5.74, 6) is -0.173. The fraction of sp³-hybridized carbons (Fsp3) is 0.269. The first kappa shape index (κ1) is 19.4. The van der Waals surface area contributed by atoms with Gasteiger partial charge in [-0.25, -0.2) is 0 Å². The third-order valence-corrected chi connectivity index (χ3v) is 5.71. The molecule has 1 aliphatic heterocycles. The quantitative estimate of drug-likeness (QED) is 0.660. The summed E-state index contributed by atoms with van der Waals surface area (Å²) in [5, 5.41) is 3.32. The van der Waals surface area contributed by atoms with Crippen LogP contribution >= 0.6 is 0 Å². The van der Waals surface area contributed by atoms with E-state index in [0.717, 1.165) is 43.6 Å². The highest BCUT2D eigenvalue weighted by Crippen LogP contribution is 2.25. The second-order valence-electron chi connectivity index (χ2n) is 7.78. The number of nitrogens with one attached hydrogen (secondary N) is 1. The third kappa shape index (κ3) is 5.12. The van der Waals surface area contributed by atoms with Gasteiger partial charge in [0.15, 0.2) is 0 Å². The van der Waals surface area contributed by atoms with Gasteiger partial charge in [-0.2, -0.15) is 0 Å². The van der Waals surface area contributed by atoms with Gasteiger partial charge in [-0.3, -0.25) is 4.79 Å². The Morgan fingerprint density at radius 1 is 0.862 bits per heavy atom. The molecule has 0 unspecified atom stereocenters. The second kappa shape index (κ2) is 9.53. The van der Waals surface area contributed by atoms with E-state index in [2.05, 4.69) is 40.5 Å². The number of nitrogens with zero attached hydrogens (tertiary/aromatic N) is 1. The molecule has 0 aromatic heterocycles. The van der Waals surface area contributed by atoms with Crippen LogP contribution in [0.15, 0.2) is 91.0 Å². The Kier molecular flexibility index (Phi) is 6.38. The molecule has 1 aliphatic rings. The van der Waals surface area contributed by atoms with Crippen molar-refractivity contribution in [2.24, 2.45) is 0 Å². The van der Waals surface area contributed by atoms with E-state index in [9.17, 15) is 4.79 Å². The van der Waals surface area contributed by atoms with Crippen molar-refractivity contribution in [2.45, 2.75) is 24.8 Å². The fourth-order valence-electron chi connectivity index (χ4n) is 4.16. The molecule has 1 atom stereocenters. The van der Waals surface area contributed by atoms with Crippen LogP contribution in [0, 0.1) is 0 Å². The summed E-state index contributed by atoms with van der Waals surface area (Å²) in [6, 6.07) is 31.0. The Labute approximate surface area is 173 Å². The molecule has 1 fully saturated rings. The van der Waals surface area contributed by atoms with Crippen molar-refractivity contribution >= 4 is 5.91 Å². The number of hydrogen-bond acceptors (Lipinski definition) is 2. The minimum Gasteiger partial charge on any atom is -0.351 e. The number of benzene rings is 3. The molecule has 0 spiro atoms. The zero-order valence-electron chi connectivity index (χ0n) is 16.7. The van der Waals surface area contributed by atoms with E-state index < -0.39 is 0 Å². The lowest BCUT2D eigenvalue weighted by Gasteiger charge is -2.21. The van der Waals surface area contributed by atoms with Crippen LogP contribution in [-0.4, -0.2) is 36.5 Å². The second-order valence-corrected chi connectivity index (χ2v) is 7.78. The zero-order chi connectivity index (χ0) is 19.9. The summed E-state index contributed by atoms with van der Waals surface area (Å²) in [4.78, 5) is 15.7. The number of hydrogen-bond donors (Lipinski definition) is 1. The van der Waals surface area contributed by atoms with Gasteiger partial charge < -0.3 is 10.2 Å². The molecule has 1 heterocycles. The minimum absolute atomic E-state index is 0.0947. The minimum atomic E-state index is -0.268.